The minimum absolute atomic E-state index is 0.0909. The summed E-state index contributed by atoms with van der Waals surface area (Å²) in [6.45, 7) is 5.74. The highest BCUT2D eigenvalue weighted by Crippen LogP contribution is 2.38. The topological polar surface area (TPSA) is 95.2 Å². The fraction of sp³-hybridized carbons (Fsp3) is 0.364. The van der Waals surface area contributed by atoms with Crippen molar-refractivity contribution >= 4 is 39.0 Å². The van der Waals surface area contributed by atoms with Crippen molar-refractivity contribution < 1.29 is 13.2 Å². The number of fused-ring (bicyclic) bond motifs is 1. The lowest BCUT2D eigenvalue weighted by atomic mass is 9.94. The molecule has 0 aliphatic heterocycles. The number of carbonyl (C=O) groups is 1. The van der Waals surface area contributed by atoms with Crippen LogP contribution in [0, 0.1) is 13.8 Å². The zero-order chi connectivity index (χ0) is 21.5. The summed E-state index contributed by atoms with van der Waals surface area (Å²) in [7, 11) is -3.36. The van der Waals surface area contributed by atoms with E-state index in [1.807, 2.05) is 51.2 Å². The lowest BCUT2D eigenvalue weighted by Gasteiger charge is -2.19. The number of hydrogen-bond donors (Lipinski definition) is 2. The SMILES string of the molecule is CCCS(=O)(=O)Nc1ccc(-c2cc(N(C=O)C3CC3)nc3[nH]ccc23)c(C)c1C. The molecule has 0 atom stereocenters. The summed E-state index contributed by atoms with van der Waals surface area (Å²) in [5, 5.41) is 0.960. The molecule has 7 nitrogen and oxygen atoms in total. The maximum Gasteiger partial charge on any atom is 0.232 e. The van der Waals surface area contributed by atoms with E-state index in [1.54, 1.807) is 4.90 Å². The van der Waals surface area contributed by atoms with Gasteiger partial charge >= 0.3 is 0 Å². The molecule has 1 fully saturated rings. The van der Waals surface area contributed by atoms with Crippen molar-refractivity contribution in [2.75, 3.05) is 15.4 Å². The number of amides is 1. The Morgan fingerprint density at radius 3 is 2.63 bits per heavy atom. The lowest BCUT2D eigenvalue weighted by Crippen LogP contribution is -2.24. The van der Waals surface area contributed by atoms with E-state index < -0.39 is 10.0 Å². The third-order valence-corrected chi connectivity index (χ3v) is 7.13. The van der Waals surface area contributed by atoms with Crippen LogP contribution in [0.2, 0.25) is 0 Å². The summed E-state index contributed by atoms with van der Waals surface area (Å²) in [6.07, 6.45) is 5.22. The van der Waals surface area contributed by atoms with Gasteiger partial charge in [-0.15, -0.1) is 0 Å². The first-order chi connectivity index (χ1) is 14.3. The van der Waals surface area contributed by atoms with Gasteiger partial charge in [-0.25, -0.2) is 13.4 Å². The summed E-state index contributed by atoms with van der Waals surface area (Å²) < 4.78 is 27.1. The predicted octanol–water partition coefficient (Wildman–Crippen LogP) is 4.12. The van der Waals surface area contributed by atoms with Gasteiger partial charge in [0, 0.05) is 17.6 Å². The number of nitrogens with zero attached hydrogens (tertiary/aromatic N) is 2. The van der Waals surface area contributed by atoms with Crippen LogP contribution in [0.4, 0.5) is 11.5 Å². The molecule has 0 bridgehead atoms. The van der Waals surface area contributed by atoms with E-state index in [2.05, 4.69) is 14.7 Å². The number of benzene rings is 1. The molecule has 0 unspecified atom stereocenters. The van der Waals surface area contributed by atoms with Gasteiger partial charge in [-0.05, 0) is 73.6 Å². The number of aromatic nitrogens is 2. The molecule has 0 saturated heterocycles. The van der Waals surface area contributed by atoms with Gasteiger partial charge in [-0.3, -0.25) is 14.4 Å². The molecule has 1 saturated carbocycles. The second-order valence-electron chi connectivity index (χ2n) is 7.84. The molecule has 2 aromatic heterocycles. The first-order valence-electron chi connectivity index (χ1n) is 10.2. The van der Waals surface area contributed by atoms with Crippen LogP contribution in [-0.4, -0.2) is 36.6 Å². The van der Waals surface area contributed by atoms with Crippen molar-refractivity contribution in [2.45, 2.75) is 46.1 Å². The number of carbonyl (C=O) groups excluding carboxylic acids is 1. The van der Waals surface area contributed by atoms with Crippen LogP contribution < -0.4 is 9.62 Å². The van der Waals surface area contributed by atoms with Gasteiger partial charge in [0.15, 0.2) is 0 Å². The predicted molar refractivity (Wildman–Crippen MR) is 120 cm³/mol. The zero-order valence-electron chi connectivity index (χ0n) is 17.4. The normalized spacial score (nSPS) is 14.1. The minimum Gasteiger partial charge on any atom is -0.346 e. The van der Waals surface area contributed by atoms with Gasteiger partial charge in [0.2, 0.25) is 16.4 Å². The van der Waals surface area contributed by atoms with Crippen LogP contribution in [0.3, 0.4) is 0 Å². The Hall–Kier alpha value is -2.87. The van der Waals surface area contributed by atoms with Crippen molar-refractivity contribution in [1.29, 1.82) is 0 Å². The fourth-order valence-corrected chi connectivity index (χ4v) is 4.97. The maximum atomic E-state index is 12.2. The smallest absolute Gasteiger partial charge is 0.232 e. The van der Waals surface area contributed by atoms with Gasteiger partial charge < -0.3 is 4.98 Å². The van der Waals surface area contributed by atoms with Crippen LogP contribution in [0.15, 0.2) is 30.5 Å². The van der Waals surface area contributed by atoms with E-state index in [9.17, 15) is 13.2 Å². The van der Waals surface area contributed by atoms with E-state index in [4.69, 9.17) is 0 Å². The number of anilines is 2. The average molecular weight is 427 g/mol. The quantitative estimate of drug-likeness (QED) is 0.530. The Labute approximate surface area is 176 Å². The minimum atomic E-state index is -3.36. The number of sulfonamides is 1. The highest BCUT2D eigenvalue weighted by atomic mass is 32.2. The first kappa shape index (κ1) is 20.4. The van der Waals surface area contributed by atoms with Gasteiger partial charge in [-0.1, -0.05) is 13.0 Å². The highest BCUT2D eigenvalue weighted by molar-refractivity contribution is 7.92. The van der Waals surface area contributed by atoms with E-state index >= 15 is 0 Å². The number of nitrogens with one attached hydrogen (secondary N) is 2. The summed E-state index contributed by atoms with van der Waals surface area (Å²) in [5.74, 6) is 0.718. The highest BCUT2D eigenvalue weighted by Gasteiger charge is 2.30. The molecule has 4 rings (SSSR count). The molecule has 158 valence electrons. The van der Waals surface area contributed by atoms with E-state index in [1.165, 1.54) is 0 Å². The van der Waals surface area contributed by atoms with Crippen LogP contribution in [0.5, 0.6) is 0 Å². The summed E-state index contributed by atoms with van der Waals surface area (Å²) in [6, 6.07) is 7.87. The van der Waals surface area contributed by atoms with E-state index in [-0.39, 0.29) is 11.8 Å². The summed E-state index contributed by atoms with van der Waals surface area (Å²) in [5.41, 5.74) is 5.13. The van der Waals surface area contributed by atoms with Crippen LogP contribution in [-0.2, 0) is 14.8 Å². The molecule has 8 heteroatoms. The molecule has 1 aliphatic rings. The molecule has 2 N–H and O–H groups in total. The van der Waals surface area contributed by atoms with E-state index in [0.29, 0.717) is 17.9 Å². The van der Waals surface area contributed by atoms with Gasteiger partial charge in [0.05, 0.1) is 11.4 Å². The Kier molecular flexibility index (Phi) is 5.27. The number of pyridine rings is 1. The van der Waals surface area contributed by atoms with Crippen LogP contribution >= 0.6 is 0 Å². The molecule has 30 heavy (non-hydrogen) atoms. The van der Waals surface area contributed by atoms with Crippen molar-refractivity contribution in [3.63, 3.8) is 0 Å². The molecule has 0 spiro atoms. The summed E-state index contributed by atoms with van der Waals surface area (Å²) in [4.78, 5) is 21.2. The van der Waals surface area contributed by atoms with Crippen LogP contribution in [0.1, 0.15) is 37.3 Å². The maximum absolute atomic E-state index is 12.2. The molecule has 0 radical (unpaired) electrons. The van der Waals surface area contributed by atoms with Gasteiger partial charge in [0.25, 0.3) is 0 Å². The van der Waals surface area contributed by atoms with Crippen molar-refractivity contribution in [1.82, 2.24) is 9.97 Å². The number of rotatable bonds is 8. The number of aromatic amines is 1. The molecule has 1 aromatic carbocycles. The number of H-pyrrole nitrogens is 1. The molecular formula is C22H26N4O3S. The Morgan fingerprint density at radius 2 is 1.97 bits per heavy atom. The first-order valence-corrected chi connectivity index (χ1v) is 11.8. The molecular weight excluding hydrogens is 400 g/mol. The largest absolute Gasteiger partial charge is 0.346 e. The third-order valence-electron chi connectivity index (χ3n) is 5.65. The Bertz CT molecular complexity index is 1210. The second kappa shape index (κ2) is 7.75. The standard InChI is InChI=1S/C22H26N4O3S/c1-4-11-30(28,29)25-20-8-7-17(14(2)15(20)3)19-12-21(26(13-27)16-5-6-16)24-22-18(19)9-10-23-22/h7-10,12-13,16,25H,4-6,11H2,1-3H3,(H,23,24). The summed E-state index contributed by atoms with van der Waals surface area (Å²) >= 11 is 0. The molecule has 1 aliphatic carbocycles. The fourth-order valence-electron chi connectivity index (χ4n) is 3.77. The van der Waals surface area contributed by atoms with Crippen molar-refractivity contribution in [3.8, 4) is 11.1 Å². The number of hydrogen-bond acceptors (Lipinski definition) is 4. The van der Waals surface area contributed by atoms with Crippen molar-refractivity contribution in [2.24, 2.45) is 0 Å². The Balaban J connectivity index is 1.81. The lowest BCUT2D eigenvalue weighted by molar-refractivity contribution is -0.107. The van der Waals surface area contributed by atoms with Crippen molar-refractivity contribution in [3.05, 3.63) is 41.6 Å². The third kappa shape index (κ3) is 3.79. The average Bonchev–Trinajstić information content (AvgIpc) is 3.41. The van der Waals surface area contributed by atoms with Gasteiger partial charge in [-0.2, -0.15) is 0 Å². The zero-order valence-corrected chi connectivity index (χ0v) is 18.2. The molecule has 3 aromatic rings. The van der Waals surface area contributed by atoms with Gasteiger partial charge in [0.1, 0.15) is 11.5 Å². The van der Waals surface area contributed by atoms with Crippen LogP contribution in [0.25, 0.3) is 22.2 Å². The molecule has 2 heterocycles. The van der Waals surface area contributed by atoms with E-state index in [0.717, 1.165) is 52.5 Å². The monoisotopic (exact) mass is 426 g/mol. The molecule has 1 amide bonds. The second-order valence-corrected chi connectivity index (χ2v) is 9.69. The Morgan fingerprint density at radius 1 is 1.20 bits per heavy atom.